The molecule has 1 rings (SSSR count). The number of benzene rings is 1. The Labute approximate surface area is 118 Å². The molecule has 0 saturated heterocycles. The van der Waals surface area contributed by atoms with Gasteiger partial charge in [0.25, 0.3) is 5.91 Å². The fraction of sp³-hybridized carbons (Fsp3) is 0.467. The lowest BCUT2D eigenvalue weighted by Gasteiger charge is -2.18. The Morgan fingerprint density at radius 2 is 1.85 bits per heavy atom. The Bertz CT molecular complexity index is 453. The standard InChI is InChI=1S/C15H21NO4/c1-4-11-5-7-12(8-6-11)20-9-13(17)16-14(10(2)3)15(18)19/h5-8,10,14H,4,9H2,1-3H3,(H,16,17)(H,18,19). The third kappa shape index (κ3) is 4.91. The largest absolute Gasteiger partial charge is 0.484 e. The minimum atomic E-state index is -1.04. The maximum atomic E-state index is 11.7. The second-order valence-corrected chi connectivity index (χ2v) is 4.91. The highest BCUT2D eigenvalue weighted by molar-refractivity contribution is 5.84. The van der Waals surface area contributed by atoms with Crippen LogP contribution in [0.25, 0.3) is 0 Å². The summed E-state index contributed by atoms with van der Waals surface area (Å²) in [6.07, 6.45) is 0.940. The van der Waals surface area contributed by atoms with Crippen LogP contribution in [-0.2, 0) is 16.0 Å². The van der Waals surface area contributed by atoms with Crippen LogP contribution in [0.1, 0.15) is 26.3 Å². The van der Waals surface area contributed by atoms with E-state index in [0.717, 1.165) is 6.42 Å². The number of aliphatic carboxylic acids is 1. The molecule has 5 nitrogen and oxygen atoms in total. The van der Waals surface area contributed by atoms with Gasteiger partial charge in [0.15, 0.2) is 6.61 Å². The summed E-state index contributed by atoms with van der Waals surface area (Å²) < 4.78 is 5.32. The van der Waals surface area contributed by atoms with Crippen LogP contribution >= 0.6 is 0 Å². The highest BCUT2D eigenvalue weighted by Crippen LogP contribution is 2.12. The highest BCUT2D eigenvalue weighted by atomic mass is 16.5. The summed E-state index contributed by atoms with van der Waals surface area (Å²) in [4.78, 5) is 22.6. The number of ether oxygens (including phenoxy) is 1. The van der Waals surface area contributed by atoms with Crippen LogP contribution in [0.4, 0.5) is 0 Å². The van der Waals surface area contributed by atoms with E-state index < -0.39 is 17.9 Å². The molecule has 0 spiro atoms. The average molecular weight is 279 g/mol. The molecule has 1 aromatic rings. The molecule has 0 aliphatic carbocycles. The number of nitrogens with one attached hydrogen (secondary N) is 1. The fourth-order valence-corrected chi connectivity index (χ4v) is 1.70. The molecular weight excluding hydrogens is 258 g/mol. The summed E-state index contributed by atoms with van der Waals surface area (Å²) in [7, 11) is 0. The summed E-state index contributed by atoms with van der Waals surface area (Å²) in [5, 5.41) is 11.4. The predicted octanol–water partition coefficient (Wildman–Crippen LogP) is 1.85. The van der Waals surface area contributed by atoms with E-state index in [1.807, 2.05) is 12.1 Å². The van der Waals surface area contributed by atoms with Gasteiger partial charge < -0.3 is 15.2 Å². The van der Waals surface area contributed by atoms with Crippen LogP contribution < -0.4 is 10.1 Å². The van der Waals surface area contributed by atoms with Gasteiger partial charge in [-0.05, 0) is 30.0 Å². The van der Waals surface area contributed by atoms with Gasteiger partial charge in [0.1, 0.15) is 11.8 Å². The predicted molar refractivity (Wildman–Crippen MR) is 75.7 cm³/mol. The zero-order valence-corrected chi connectivity index (χ0v) is 12.1. The normalized spacial score (nSPS) is 12.0. The van der Waals surface area contributed by atoms with Gasteiger partial charge in [0, 0.05) is 0 Å². The third-order valence-electron chi connectivity index (χ3n) is 2.95. The first-order chi connectivity index (χ1) is 9.43. The molecule has 5 heteroatoms. The molecule has 1 unspecified atom stereocenters. The second-order valence-electron chi connectivity index (χ2n) is 4.91. The Morgan fingerprint density at radius 1 is 1.25 bits per heavy atom. The van der Waals surface area contributed by atoms with E-state index in [4.69, 9.17) is 9.84 Å². The zero-order valence-electron chi connectivity index (χ0n) is 12.1. The molecule has 1 atom stereocenters. The summed E-state index contributed by atoms with van der Waals surface area (Å²) in [5.41, 5.74) is 1.19. The molecular formula is C15H21NO4. The lowest BCUT2D eigenvalue weighted by Crippen LogP contribution is -2.46. The summed E-state index contributed by atoms with van der Waals surface area (Å²) in [5.74, 6) is -1.07. The average Bonchev–Trinajstić information content (AvgIpc) is 2.42. The molecule has 0 aromatic heterocycles. The Kier molecular flexibility index (Phi) is 6.03. The summed E-state index contributed by atoms with van der Waals surface area (Å²) in [6, 6.07) is 6.56. The van der Waals surface area contributed by atoms with Crippen molar-refractivity contribution in [2.24, 2.45) is 5.92 Å². The Balaban J connectivity index is 2.47. The van der Waals surface area contributed by atoms with Gasteiger partial charge in [-0.2, -0.15) is 0 Å². The van der Waals surface area contributed by atoms with Crippen LogP contribution in [0.3, 0.4) is 0 Å². The van der Waals surface area contributed by atoms with Crippen molar-refractivity contribution in [1.82, 2.24) is 5.32 Å². The van der Waals surface area contributed by atoms with Gasteiger partial charge in [-0.3, -0.25) is 4.79 Å². The van der Waals surface area contributed by atoms with E-state index in [1.165, 1.54) is 5.56 Å². The lowest BCUT2D eigenvalue weighted by molar-refractivity contribution is -0.143. The number of carboxylic acid groups (broad SMARTS) is 1. The first kappa shape index (κ1) is 16.0. The van der Waals surface area contributed by atoms with E-state index in [0.29, 0.717) is 5.75 Å². The van der Waals surface area contributed by atoms with E-state index >= 15 is 0 Å². The summed E-state index contributed by atoms with van der Waals surface area (Å²) >= 11 is 0. The van der Waals surface area contributed by atoms with Crippen LogP contribution in [-0.4, -0.2) is 29.6 Å². The summed E-state index contributed by atoms with van der Waals surface area (Å²) in [6.45, 7) is 5.34. The SMILES string of the molecule is CCc1ccc(OCC(=O)NC(C(=O)O)C(C)C)cc1. The van der Waals surface area contributed by atoms with Crippen molar-refractivity contribution < 1.29 is 19.4 Å². The molecule has 0 fully saturated rings. The van der Waals surface area contributed by atoms with Crippen LogP contribution in [0.15, 0.2) is 24.3 Å². The topological polar surface area (TPSA) is 75.6 Å². The maximum Gasteiger partial charge on any atom is 0.326 e. The van der Waals surface area contributed by atoms with Crippen molar-refractivity contribution in [3.63, 3.8) is 0 Å². The number of hydrogen-bond donors (Lipinski definition) is 2. The molecule has 2 N–H and O–H groups in total. The van der Waals surface area contributed by atoms with E-state index in [1.54, 1.807) is 26.0 Å². The molecule has 0 aliphatic heterocycles. The van der Waals surface area contributed by atoms with E-state index in [-0.39, 0.29) is 12.5 Å². The smallest absolute Gasteiger partial charge is 0.326 e. The van der Waals surface area contributed by atoms with Crippen molar-refractivity contribution in [3.05, 3.63) is 29.8 Å². The molecule has 0 aliphatic rings. The van der Waals surface area contributed by atoms with Gasteiger partial charge in [-0.15, -0.1) is 0 Å². The van der Waals surface area contributed by atoms with Gasteiger partial charge in [-0.25, -0.2) is 4.79 Å². The fourth-order valence-electron chi connectivity index (χ4n) is 1.70. The monoisotopic (exact) mass is 279 g/mol. The van der Waals surface area contributed by atoms with Crippen LogP contribution in [0, 0.1) is 5.92 Å². The molecule has 0 heterocycles. The molecule has 0 bridgehead atoms. The number of rotatable bonds is 7. The number of carboxylic acids is 1. The molecule has 20 heavy (non-hydrogen) atoms. The van der Waals surface area contributed by atoms with Gasteiger partial charge in [0.05, 0.1) is 0 Å². The van der Waals surface area contributed by atoms with Gasteiger partial charge >= 0.3 is 5.97 Å². The van der Waals surface area contributed by atoms with Crippen molar-refractivity contribution >= 4 is 11.9 Å². The third-order valence-corrected chi connectivity index (χ3v) is 2.95. The first-order valence-corrected chi connectivity index (χ1v) is 6.68. The first-order valence-electron chi connectivity index (χ1n) is 6.68. The van der Waals surface area contributed by atoms with E-state index in [2.05, 4.69) is 12.2 Å². The molecule has 1 amide bonds. The van der Waals surface area contributed by atoms with E-state index in [9.17, 15) is 9.59 Å². The molecule has 0 radical (unpaired) electrons. The Morgan fingerprint density at radius 3 is 2.30 bits per heavy atom. The van der Waals surface area contributed by atoms with Crippen molar-refractivity contribution in [1.29, 1.82) is 0 Å². The van der Waals surface area contributed by atoms with Gasteiger partial charge in [-0.1, -0.05) is 32.9 Å². The lowest BCUT2D eigenvalue weighted by atomic mass is 10.1. The van der Waals surface area contributed by atoms with Crippen LogP contribution in [0.2, 0.25) is 0 Å². The number of carbonyl (C=O) groups excluding carboxylic acids is 1. The molecule has 0 saturated carbocycles. The maximum absolute atomic E-state index is 11.7. The number of amides is 1. The quantitative estimate of drug-likeness (QED) is 0.798. The minimum absolute atomic E-state index is 0.180. The van der Waals surface area contributed by atoms with Gasteiger partial charge in [0.2, 0.25) is 0 Å². The number of hydrogen-bond acceptors (Lipinski definition) is 3. The highest BCUT2D eigenvalue weighted by Gasteiger charge is 2.23. The Hall–Kier alpha value is -2.04. The second kappa shape index (κ2) is 7.53. The van der Waals surface area contributed by atoms with Crippen molar-refractivity contribution in [2.45, 2.75) is 33.2 Å². The number of carbonyl (C=O) groups is 2. The number of aryl methyl sites for hydroxylation is 1. The van der Waals surface area contributed by atoms with Crippen LogP contribution in [0.5, 0.6) is 5.75 Å². The van der Waals surface area contributed by atoms with Crippen molar-refractivity contribution in [3.8, 4) is 5.75 Å². The minimum Gasteiger partial charge on any atom is -0.484 e. The van der Waals surface area contributed by atoms with Crippen molar-refractivity contribution in [2.75, 3.05) is 6.61 Å². The zero-order chi connectivity index (χ0) is 15.1. The molecule has 110 valence electrons. The molecule has 1 aromatic carbocycles.